The van der Waals surface area contributed by atoms with Gasteiger partial charge in [-0.25, -0.2) is 4.68 Å². The Morgan fingerprint density at radius 2 is 1.83 bits per heavy atom. The quantitative estimate of drug-likeness (QED) is 0.757. The van der Waals surface area contributed by atoms with Gasteiger partial charge in [0, 0.05) is 22.9 Å². The van der Waals surface area contributed by atoms with Gasteiger partial charge in [-0.1, -0.05) is 48.0 Å². The van der Waals surface area contributed by atoms with Gasteiger partial charge in [0.15, 0.2) is 0 Å². The van der Waals surface area contributed by atoms with Crippen LogP contribution in [0, 0.1) is 6.92 Å². The van der Waals surface area contributed by atoms with Crippen LogP contribution >= 0.6 is 11.6 Å². The Kier molecular flexibility index (Phi) is 3.62. The van der Waals surface area contributed by atoms with E-state index in [1.807, 2.05) is 61.5 Å². The highest BCUT2D eigenvalue weighted by Gasteiger charge is 2.33. The van der Waals surface area contributed by atoms with Crippen molar-refractivity contribution in [2.24, 2.45) is 0 Å². The molecule has 2 aromatic carbocycles. The average Bonchev–Trinajstić information content (AvgIpc) is 2.92. The van der Waals surface area contributed by atoms with Crippen LogP contribution in [-0.4, -0.2) is 15.7 Å². The van der Waals surface area contributed by atoms with Crippen LogP contribution in [0.25, 0.3) is 5.69 Å². The van der Waals surface area contributed by atoms with Crippen molar-refractivity contribution in [3.05, 3.63) is 76.4 Å². The second kappa shape index (κ2) is 5.80. The van der Waals surface area contributed by atoms with E-state index < -0.39 is 0 Å². The Balaban J connectivity index is 1.91. The number of nitrogens with one attached hydrogen (secondary N) is 1. The summed E-state index contributed by atoms with van der Waals surface area (Å²) in [5.74, 6) is 0.629. The SMILES string of the molecule is Cc1nn(-c2ccccc2)c2c1C(c1ccccc1Cl)CC(=O)N2. The van der Waals surface area contributed by atoms with Gasteiger partial charge in [-0.2, -0.15) is 5.10 Å². The highest BCUT2D eigenvalue weighted by atomic mass is 35.5. The number of aryl methyl sites for hydroxylation is 1. The lowest BCUT2D eigenvalue weighted by Crippen LogP contribution is -2.25. The van der Waals surface area contributed by atoms with Crippen molar-refractivity contribution in [3.63, 3.8) is 0 Å². The molecule has 1 unspecified atom stereocenters. The van der Waals surface area contributed by atoms with Gasteiger partial charge in [0.2, 0.25) is 5.91 Å². The van der Waals surface area contributed by atoms with Gasteiger partial charge >= 0.3 is 0 Å². The first-order valence-corrected chi connectivity index (χ1v) is 8.22. The first-order chi connectivity index (χ1) is 11.6. The maximum absolute atomic E-state index is 12.3. The molecule has 120 valence electrons. The molecule has 1 amide bonds. The Bertz CT molecular complexity index is 918. The molecule has 4 nitrogen and oxygen atoms in total. The average molecular weight is 338 g/mol. The predicted octanol–water partition coefficient (Wildman–Crippen LogP) is 4.31. The fourth-order valence-electron chi connectivity index (χ4n) is 3.33. The van der Waals surface area contributed by atoms with E-state index in [9.17, 15) is 4.79 Å². The number of halogens is 1. The van der Waals surface area contributed by atoms with Crippen LogP contribution in [-0.2, 0) is 4.79 Å². The largest absolute Gasteiger partial charge is 0.310 e. The molecule has 0 bridgehead atoms. The minimum Gasteiger partial charge on any atom is -0.310 e. The summed E-state index contributed by atoms with van der Waals surface area (Å²) < 4.78 is 1.80. The zero-order valence-corrected chi connectivity index (χ0v) is 13.9. The second-order valence-corrected chi connectivity index (χ2v) is 6.33. The van der Waals surface area contributed by atoms with E-state index in [2.05, 4.69) is 10.4 Å². The number of benzene rings is 2. The van der Waals surface area contributed by atoms with E-state index in [-0.39, 0.29) is 11.8 Å². The number of carbonyl (C=O) groups excluding carboxylic acids is 1. The number of hydrogen-bond donors (Lipinski definition) is 1. The smallest absolute Gasteiger partial charge is 0.226 e. The number of rotatable bonds is 2. The molecule has 1 aromatic heterocycles. The van der Waals surface area contributed by atoms with Gasteiger partial charge in [0.05, 0.1) is 11.4 Å². The van der Waals surface area contributed by atoms with Crippen molar-refractivity contribution < 1.29 is 4.79 Å². The summed E-state index contributed by atoms with van der Waals surface area (Å²) in [6.07, 6.45) is 0.373. The molecule has 0 saturated heterocycles. The Hall–Kier alpha value is -2.59. The summed E-state index contributed by atoms with van der Waals surface area (Å²) >= 11 is 6.39. The summed E-state index contributed by atoms with van der Waals surface area (Å²) in [5, 5.41) is 8.32. The van der Waals surface area contributed by atoms with Crippen molar-refractivity contribution in [1.82, 2.24) is 9.78 Å². The van der Waals surface area contributed by atoms with E-state index >= 15 is 0 Å². The number of carbonyl (C=O) groups is 1. The van der Waals surface area contributed by atoms with Crippen LogP contribution in [0.2, 0.25) is 5.02 Å². The van der Waals surface area contributed by atoms with Crippen molar-refractivity contribution in [2.45, 2.75) is 19.3 Å². The monoisotopic (exact) mass is 337 g/mol. The van der Waals surface area contributed by atoms with Crippen LogP contribution in [0.1, 0.15) is 29.2 Å². The highest BCUT2D eigenvalue weighted by molar-refractivity contribution is 6.31. The number of aromatic nitrogens is 2. The molecule has 1 N–H and O–H groups in total. The fourth-order valence-corrected chi connectivity index (χ4v) is 3.59. The minimum atomic E-state index is -0.0834. The van der Waals surface area contributed by atoms with Crippen molar-refractivity contribution in [1.29, 1.82) is 0 Å². The van der Waals surface area contributed by atoms with Crippen LogP contribution in [0.5, 0.6) is 0 Å². The van der Waals surface area contributed by atoms with Crippen LogP contribution < -0.4 is 5.32 Å². The molecule has 0 aliphatic carbocycles. The molecule has 1 aliphatic heterocycles. The second-order valence-electron chi connectivity index (χ2n) is 5.92. The van der Waals surface area contributed by atoms with Gasteiger partial charge < -0.3 is 5.32 Å². The summed E-state index contributed by atoms with van der Waals surface area (Å²) in [5.41, 5.74) is 3.82. The molecule has 1 atom stereocenters. The molecule has 5 heteroatoms. The van der Waals surface area contributed by atoms with Crippen LogP contribution in [0.3, 0.4) is 0 Å². The van der Waals surface area contributed by atoms with Gasteiger partial charge in [0.25, 0.3) is 0 Å². The van der Waals surface area contributed by atoms with E-state index in [1.165, 1.54) is 0 Å². The standard InChI is InChI=1S/C19H16ClN3O/c1-12-18-15(14-9-5-6-10-16(14)20)11-17(24)21-19(18)23(22-12)13-7-3-2-4-8-13/h2-10,15H,11H2,1H3,(H,21,24). The summed E-state index contributed by atoms with van der Waals surface area (Å²) in [6, 6.07) is 17.5. The predicted molar refractivity (Wildman–Crippen MR) is 94.8 cm³/mol. The molecule has 0 radical (unpaired) electrons. The Morgan fingerprint density at radius 1 is 1.12 bits per heavy atom. The lowest BCUT2D eigenvalue weighted by Gasteiger charge is -2.25. The van der Waals surface area contributed by atoms with Gasteiger partial charge in [0.1, 0.15) is 5.82 Å². The number of amides is 1. The molecule has 0 saturated carbocycles. The van der Waals surface area contributed by atoms with E-state index in [4.69, 9.17) is 11.6 Å². The van der Waals surface area contributed by atoms with Gasteiger partial charge in [-0.3, -0.25) is 4.79 Å². The molecular formula is C19H16ClN3O. The molecule has 0 fully saturated rings. The highest BCUT2D eigenvalue weighted by Crippen LogP contribution is 2.42. The fraction of sp³-hybridized carbons (Fsp3) is 0.158. The number of nitrogens with zero attached hydrogens (tertiary/aromatic N) is 2. The number of hydrogen-bond acceptors (Lipinski definition) is 2. The number of para-hydroxylation sites is 1. The molecule has 3 aromatic rings. The summed E-state index contributed by atoms with van der Waals surface area (Å²) in [6.45, 7) is 1.97. The Labute approximate surface area is 145 Å². The zero-order valence-electron chi connectivity index (χ0n) is 13.2. The van der Waals surface area contributed by atoms with Crippen molar-refractivity contribution in [3.8, 4) is 5.69 Å². The summed E-state index contributed by atoms with van der Waals surface area (Å²) in [4.78, 5) is 12.3. The van der Waals surface area contributed by atoms with E-state index in [0.29, 0.717) is 11.4 Å². The van der Waals surface area contributed by atoms with Crippen molar-refractivity contribution >= 4 is 23.3 Å². The zero-order chi connectivity index (χ0) is 16.7. The van der Waals surface area contributed by atoms with Gasteiger partial charge in [-0.05, 0) is 30.7 Å². The maximum atomic E-state index is 12.3. The normalized spacial score (nSPS) is 16.6. The third-order valence-corrected chi connectivity index (χ3v) is 4.73. The molecule has 2 heterocycles. The molecule has 4 rings (SSSR count). The number of anilines is 1. The first kappa shape index (κ1) is 15.0. The van der Waals surface area contributed by atoms with Crippen LogP contribution in [0.4, 0.5) is 5.82 Å². The number of fused-ring (bicyclic) bond motifs is 1. The lowest BCUT2D eigenvalue weighted by molar-refractivity contribution is -0.116. The molecule has 24 heavy (non-hydrogen) atoms. The van der Waals surface area contributed by atoms with Crippen molar-refractivity contribution in [2.75, 3.05) is 5.32 Å². The third kappa shape index (κ3) is 2.39. The third-order valence-electron chi connectivity index (χ3n) is 4.38. The Morgan fingerprint density at radius 3 is 2.58 bits per heavy atom. The molecule has 1 aliphatic rings. The first-order valence-electron chi connectivity index (χ1n) is 7.84. The minimum absolute atomic E-state index is 0.0236. The maximum Gasteiger partial charge on any atom is 0.226 e. The van der Waals surface area contributed by atoms with Crippen LogP contribution in [0.15, 0.2) is 54.6 Å². The summed E-state index contributed by atoms with van der Waals surface area (Å²) in [7, 11) is 0. The van der Waals surface area contributed by atoms with Gasteiger partial charge in [-0.15, -0.1) is 0 Å². The van der Waals surface area contributed by atoms with E-state index in [0.717, 1.165) is 28.3 Å². The van der Waals surface area contributed by atoms with E-state index in [1.54, 1.807) is 4.68 Å². The topological polar surface area (TPSA) is 46.9 Å². The lowest BCUT2D eigenvalue weighted by atomic mass is 9.86. The molecular weight excluding hydrogens is 322 g/mol. The molecule has 0 spiro atoms.